The Morgan fingerprint density at radius 2 is 1.70 bits per heavy atom. The van der Waals surface area contributed by atoms with Gasteiger partial charge in [0.15, 0.2) is 0 Å². The number of nitrogens with two attached hydrogens (primary N) is 1. The SMILES string of the molecule is Cl.Cl.NC(c1ccc(N2CCNCC2)cc1)C1CCC(CCC(=O)O)CC1. The molecule has 3 rings (SSSR count). The Balaban J connectivity index is 0.00000182. The lowest BCUT2D eigenvalue weighted by atomic mass is 9.76. The largest absolute Gasteiger partial charge is 0.481 e. The molecule has 0 aromatic heterocycles. The van der Waals surface area contributed by atoms with Gasteiger partial charge in [0.1, 0.15) is 0 Å². The number of carbonyl (C=O) groups is 1. The van der Waals surface area contributed by atoms with E-state index >= 15 is 0 Å². The number of halogens is 2. The van der Waals surface area contributed by atoms with Crippen LogP contribution in [-0.4, -0.2) is 37.3 Å². The number of hydrogen-bond acceptors (Lipinski definition) is 4. The van der Waals surface area contributed by atoms with E-state index in [2.05, 4.69) is 34.5 Å². The molecule has 0 amide bonds. The molecule has 1 aliphatic carbocycles. The van der Waals surface area contributed by atoms with Crippen LogP contribution in [0.1, 0.15) is 50.1 Å². The lowest BCUT2D eigenvalue weighted by Crippen LogP contribution is -2.43. The van der Waals surface area contributed by atoms with E-state index in [0.29, 0.717) is 18.3 Å². The Morgan fingerprint density at radius 1 is 1.11 bits per heavy atom. The number of benzene rings is 1. The summed E-state index contributed by atoms with van der Waals surface area (Å²) < 4.78 is 0. The Hall–Kier alpha value is -1.01. The molecule has 1 aliphatic heterocycles. The molecule has 0 radical (unpaired) electrons. The molecule has 1 saturated heterocycles. The molecule has 5 nitrogen and oxygen atoms in total. The molecule has 1 atom stereocenters. The quantitative estimate of drug-likeness (QED) is 0.658. The average molecular weight is 418 g/mol. The molecule has 2 fully saturated rings. The fourth-order valence-electron chi connectivity index (χ4n) is 4.27. The second kappa shape index (κ2) is 11.7. The first-order valence-corrected chi connectivity index (χ1v) is 9.66. The topological polar surface area (TPSA) is 78.6 Å². The number of carboxylic acid groups (broad SMARTS) is 1. The summed E-state index contributed by atoms with van der Waals surface area (Å²) in [5, 5.41) is 12.2. The number of rotatable bonds is 6. The summed E-state index contributed by atoms with van der Waals surface area (Å²) in [4.78, 5) is 13.1. The van der Waals surface area contributed by atoms with Crippen molar-refractivity contribution in [2.45, 2.75) is 44.6 Å². The average Bonchev–Trinajstić information content (AvgIpc) is 2.67. The highest BCUT2D eigenvalue weighted by molar-refractivity contribution is 5.85. The third-order valence-corrected chi connectivity index (χ3v) is 5.93. The number of aliphatic carboxylic acids is 1. The van der Waals surface area contributed by atoms with E-state index in [-0.39, 0.29) is 30.9 Å². The van der Waals surface area contributed by atoms with Crippen LogP contribution in [0.4, 0.5) is 5.69 Å². The van der Waals surface area contributed by atoms with Gasteiger partial charge in [-0.3, -0.25) is 4.79 Å². The summed E-state index contributed by atoms with van der Waals surface area (Å²) in [7, 11) is 0. The first kappa shape index (κ1) is 24.0. The van der Waals surface area contributed by atoms with Crippen LogP contribution in [0.3, 0.4) is 0 Å². The van der Waals surface area contributed by atoms with Gasteiger partial charge >= 0.3 is 5.97 Å². The highest BCUT2D eigenvalue weighted by Crippen LogP contribution is 2.37. The minimum atomic E-state index is -0.677. The van der Waals surface area contributed by atoms with Crippen LogP contribution in [0.25, 0.3) is 0 Å². The fraction of sp³-hybridized carbons (Fsp3) is 0.650. The molecule has 1 heterocycles. The van der Waals surface area contributed by atoms with Crippen LogP contribution in [0.5, 0.6) is 0 Å². The smallest absolute Gasteiger partial charge is 0.303 e. The van der Waals surface area contributed by atoms with Crippen LogP contribution in [0.15, 0.2) is 24.3 Å². The van der Waals surface area contributed by atoms with Gasteiger partial charge in [-0.2, -0.15) is 0 Å². The number of nitrogens with one attached hydrogen (secondary N) is 1. The van der Waals surface area contributed by atoms with E-state index in [9.17, 15) is 4.79 Å². The zero-order chi connectivity index (χ0) is 17.6. The molecule has 7 heteroatoms. The van der Waals surface area contributed by atoms with Gasteiger partial charge in [0.05, 0.1) is 0 Å². The predicted molar refractivity (Wildman–Crippen MR) is 115 cm³/mol. The zero-order valence-electron chi connectivity index (χ0n) is 15.8. The monoisotopic (exact) mass is 417 g/mol. The maximum atomic E-state index is 10.7. The number of carboxylic acids is 1. The first-order chi connectivity index (χ1) is 12.1. The molecule has 4 N–H and O–H groups in total. The van der Waals surface area contributed by atoms with E-state index < -0.39 is 5.97 Å². The Bertz CT molecular complexity index is 557. The van der Waals surface area contributed by atoms with E-state index in [1.54, 1.807) is 0 Å². The van der Waals surface area contributed by atoms with Crippen LogP contribution in [0, 0.1) is 11.8 Å². The van der Waals surface area contributed by atoms with Crippen LogP contribution < -0.4 is 16.0 Å². The Kier molecular flexibility index (Phi) is 10.5. The van der Waals surface area contributed by atoms with Crippen molar-refractivity contribution < 1.29 is 9.90 Å². The van der Waals surface area contributed by atoms with Gasteiger partial charge in [-0.25, -0.2) is 0 Å². The number of piperazine rings is 1. The van der Waals surface area contributed by atoms with Gasteiger partial charge in [-0.15, -0.1) is 24.8 Å². The van der Waals surface area contributed by atoms with Crippen molar-refractivity contribution in [2.75, 3.05) is 31.1 Å². The molecule has 0 bridgehead atoms. The maximum absolute atomic E-state index is 10.7. The molecular weight excluding hydrogens is 385 g/mol. The van der Waals surface area contributed by atoms with E-state index in [0.717, 1.165) is 58.3 Å². The minimum absolute atomic E-state index is 0. The minimum Gasteiger partial charge on any atom is -0.481 e. The second-order valence-electron chi connectivity index (χ2n) is 7.57. The summed E-state index contributed by atoms with van der Waals surface area (Å²) in [6.07, 6.45) is 5.58. The van der Waals surface area contributed by atoms with Crippen molar-refractivity contribution in [1.82, 2.24) is 5.32 Å². The zero-order valence-corrected chi connectivity index (χ0v) is 17.4. The Morgan fingerprint density at radius 3 is 2.26 bits per heavy atom. The lowest BCUT2D eigenvalue weighted by molar-refractivity contribution is -0.137. The van der Waals surface area contributed by atoms with Crippen molar-refractivity contribution in [3.05, 3.63) is 29.8 Å². The van der Waals surface area contributed by atoms with E-state index in [1.807, 2.05) is 0 Å². The van der Waals surface area contributed by atoms with Crippen molar-refractivity contribution in [3.8, 4) is 0 Å². The molecule has 1 unspecified atom stereocenters. The fourth-order valence-corrected chi connectivity index (χ4v) is 4.27. The molecular formula is C20H33Cl2N3O2. The van der Waals surface area contributed by atoms with Gasteiger partial charge in [0.25, 0.3) is 0 Å². The Labute approximate surface area is 174 Å². The van der Waals surface area contributed by atoms with Gasteiger partial charge in [-0.1, -0.05) is 25.0 Å². The summed E-state index contributed by atoms with van der Waals surface area (Å²) >= 11 is 0. The van der Waals surface area contributed by atoms with Gasteiger partial charge in [0, 0.05) is 44.3 Å². The number of nitrogens with zero attached hydrogens (tertiary/aromatic N) is 1. The number of anilines is 1. The summed E-state index contributed by atoms with van der Waals surface area (Å²) in [6, 6.07) is 8.90. The molecule has 1 aromatic carbocycles. The highest BCUT2D eigenvalue weighted by atomic mass is 35.5. The molecule has 0 spiro atoms. The lowest BCUT2D eigenvalue weighted by Gasteiger charge is -2.33. The van der Waals surface area contributed by atoms with Gasteiger partial charge < -0.3 is 21.1 Å². The van der Waals surface area contributed by atoms with Gasteiger partial charge in [-0.05, 0) is 48.8 Å². The highest BCUT2D eigenvalue weighted by Gasteiger charge is 2.26. The van der Waals surface area contributed by atoms with Crippen LogP contribution >= 0.6 is 24.8 Å². The standard InChI is InChI=1S/C20H31N3O2.2ClH/c21-20(16-4-1-15(2-5-16)3-10-19(24)25)17-6-8-18(9-7-17)23-13-11-22-12-14-23;;/h6-9,15-16,20,22H,1-5,10-14,21H2,(H,24,25);2*1H. The maximum Gasteiger partial charge on any atom is 0.303 e. The summed E-state index contributed by atoms with van der Waals surface area (Å²) in [5.74, 6) is 0.407. The van der Waals surface area contributed by atoms with E-state index in [4.69, 9.17) is 10.8 Å². The predicted octanol–water partition coefficient (Wildman–Crippen LogP) is 3.61. The van der Waals surface area contributed by atoms with Crippen LogP contribution in [0.2, 0.25) is 0 Å². The second-order valence-corrected chi connectivity index (χ2v) is 7.57. The van der Waals surface area contributed by atoms with Crippen molar-refractivity contribution in [1.29, 1.82) is 0 Å². The van der Waals surface area contributed by atoms with Gasteiger partial charge in [0.2, 0.25) is 0 Å². The summed E-state index contributed by atoms with van der Waals surface area (Å²) in [5.41, 5.74) is 9.06. The van der Waals surface area contributed by atoms with Crippen molar-refractivity contribution in [3.63, 3.8) is 0 Å². The third kappa shape index (κ3) is 6.83. The first-order valence-electron chi connectivity index (χ1n) is 9.66. The molecule has 27 heavy (non-hydrogen) atoms. The van der Waals surface area contributed by atoms with Crippen LogP contribution in [-0.2, 0) is 4.79 Å². The third-order valence-electron chi connectivity index (χ3n) is 5.93. The summed E-state index contributed by atoms with van der Waals surface area (Å²) in [6.45, 7) is 4.22. The number of hydrogen-bond donors (Lipinski definition) is 3. The van der Waals surface area contributed by atoms with Crippen molar-refractivity contribution in [2.24, 2.45) is 17.6 Å². The molecule has 1 saturated carbocycles. The van der Waals surface area contributed by atoms with Crippen molar-refractivity contribution >= 4 is 36.5 Å². The van der Waals surface area contributed by atoms with E-state index in [1.165, 1.54) is 11.3 Å². The molecule has 154 valence electrons. The molecule has 1 aromatic rings. The normalized spacial score (nSPS) is 23.7. The molecule has 2 aliphatic rings.